The monoisotopic (exact) mass is 265 g/mol. The zero-order valence-electron chi connectivity index (χ0n) is 9.65. The van der Waals surface area contributed by atoms with Crippen LogP contribution < -0.4 is 11.5 Å². The van der Waals surface area contributed by atoms with Crippen LogP contribution in [0.5, 0.6) is 5.75 Å². The molecule has 9 nitrogen and oxygen atoms in total. The number of rotatable bonds is 5. The van der Waals surface area contributed by atoms with Crippen molar-refractivity contribution in [2.45, 2.75) is 12.1 Å². The van der Waals surface area contributed by atoms with Crippen LogP contribution in [0.3, 0.4) is 0 Å². The second-order valence-corrected chi connectivity index (χ2v) is 3.84. The van der Waals surface area contributed by atoms with E-state index in [9.17, 15) is 14.7 Å². The van der Waals surface area contributed by atoms with E-state index in [2.05, 4.69) is 10.0 Å². The van der Waals surface area contributed by atoms with Crippen LogP contribution in [0.4, 0.5) is 5.69 Å². The number of hydrogen-bond donors (Lipinski definition) is 4. The van der Waals surface area contributed by atoms with Crippen LogP contribution in [-0.2, 0) is 4.79 Å². The average molecular weight is 265 g/mol. The van der Waals surface area contributed by atoms with Crippen molar-refractivity contribution in [3.63, 3.8) is 0 Å². The molecule has 0 radical (unpaired) electrons. The Hall–Kier alpha value is -2.61. The van der Waals surface area contributed by atoms with Crippen molar-refractivity contribution < 1.29 is 19.8 Å². The highest BCUT2D eigenvalue weighted by molar-refractivity contribution is 6.02. The first-order chi connectivity index (χ1) is 8.77. The molecule has 0 heterocycles. The fourth-order valence-electron chi connectivity index (χ4n) is 1.31. The lowest BCUT2D eigenvalue weighted by Gasteiger charge is -2.18. The number of nitrogens with two attached hydrogens (primary N) is 2. The topological polar surface area (TPSA) is 175 Å². The lowest BCUT2D eigenvalue weighted by atomic mass is 9.99. The maximum absolute atomic E-state index is 11.8. The fraction of sp³-hybridized carbons (Fsp3) is 0.200. The van der Waals surface area contributed by atoms with E-state index in [-0.39, 0.29) is 11.3 Å². The molecule has 0 aliphatic heterocycles. The highest BCUT2D eigenvalue weighted by atomic mass is 16.4. The second kappa shape index (κ2) is 5.36. The summed E-state index contributed by atoms with van der Waals surface area (Å²) in [6, 6.07) is 3.56. The zero-order chi connectivity index (χ0) is 14.6. The van der Waals surface area contributed by atoms with Crippen LogP contribution in [0.15, 0.2) is 23.3 Å². The Morgan fingerprint density at radius 2 is 2.05 bits per heavy atom. The SMILES string of the molecule is [N-]=[N+]=Nc1ccc(C(=O)CC(N)(N)C(=O)O)c(O)c1. The first-order valence-corrected chi connectivity index (χ1v) is 5.00. The molecule has 0 aliphatic carbocycles. The highest BCUT2D eigenvalue weighted by Crippen LogP contribution is 2.25. The smallest absolute Gasteiger partial charge is 0.338 e. The Morgan fingerprint density at radius 3 is 2.53 bits per heavy atom. The summed E-state index contributed by atoms with van der Waals surface area (Å²) in [5.41, 5.74) is 16.4. The second-order valence-electron chi connectivity index (χ2n) is 3.84. The molecule has 9 heteroatoms. The van der Waals surface area contributed by atoms with Gasteiger partial charge in [-0.25, -0.2) is 4.79 Å². The van der Waals surface area contributed by atoms with Crippen LogP contribution in [0.25, 0.3) is 10.4 Å². The molecule has 0 spiro atoms. The number of benzene rings is 1. The van der Waals surface area contributed by atoms with E-state index >= 15 is 0 Å². The largest absolute Gasteiger partial charge is 0.507 e. The van der Waals surface area contributed by atoms with E-state index in [1.165, 1.54) is 12.1 Å². The van der Waals surface area contributed by atoms with Crippen LogP contribution in [0.1, 0.15) is 16.8 Å². The van der Waals surface area contributed by atoms with Crippen molar-refractivity contribution in [1.29, 1.82) is 0 Å². The number of azide groups is 1. The van der Waals surface area contributed by atoms with Crippen LogP contribution in [0, 0.1) is 0 Å². The Bertz CT molecular complexity index is 577. The summed E-state index contributed by atoms with van der Waals surface area (Å²) >= 11 is 0. The van der Waals surface area contributed by atoms with Gasteiger partial charge in [0.05, 0.1) is 12.0 Å². The molecule has 1 aromatic rings. The van der Waals surface area contributed by atoms with Gasteiger partial charge < -0.3 is 21.7 Å². The summed E-state index contributed by atoms with van der Waals surface area (Å²) in [5.74, 6) is -2.72. The summed E-state index contributed by atoms with van der Waals surface area (Å²) in [7, 11) is 0. The molecule has 1 rings (SSSR count). The number of carbonyl (C=O) groups is 2. The maximum Gasteiger partial charge on any atom is 0.338 e. The van der Waals surface area contributed by atoms with Gasteiger partial charge in [0.15, 0.2) is 11.4 Å². The van der Waals surface area contributed by atoms with Crippen molar-refractivity contribution in [1.82, 2.24) is 0 Å². The zero-order valence-corrected chi connectivity index (χ0v) is 9.65. The number of carbonyl (C=O) groups excluding carboxylic acids is 1. The van der Waals surface area contributed by atoms with Gasteiger partial charge in [-0.1, -0.05) is 11.2 Å². The molecule has 0 aliphatic rings. The van der Waals surface area contributed by atoms with Crippen molar-refractivity contribution in [3.05, 3.63) is 34.2 Å². The standard InChI is InChI=1S/C10H11N5O4/c11-10(12,9(18)19)4-8(17)6-2-1-5(14-15-13)3-7(6)16/h1-3,16H,4,11-12H2,(H,18,19). The number of ketones is 1. The quantitative estimate of drug-likeness (QED) is 0.199. The van der Waals surface area contributed by atoms with Crippen LogP contribution in [0.2, 0.25) is 0 Å². The number of phenols is 1. The van der Waals surface area contributed by atoms with E-state index < -0.39 is 29.6 Å². The molecule has 0 saturated carbocycles. The number of aromatic hydroxyl groups is 1. The van der Waals surface area contributed by atoms with Gasteiger partial charge in [0.1, 0.15) is 5.75 Å². The number of nitrogens with zero attached hydrogens (tertiary/aromatic N) is 3. The third kappa shape index (κ3) is 3.42. The van der Waals surface area contributed by atoms with E-state index in [1.807, 2.05) is 0 Å². The minimum Gasteiger partial charge on any atom is -0.507 e. The highest BCUT2D eigenvalue weighted by Gasteiger charge is 2.32. The summed E-state index contributed by atoms with van der Waals surface area (Å²) in [6.07, 6.45) is -0.684. The predicted octanol–water partition coefficient (Wildman–Crippen LogP) is 0.605. The Balaban J connectivity index is 3.01. The summed E-state index contributed by atoms with van der Waals surface area (Å²) < 4.78 is 0. The van der Waals surface area contributed by atoms with E-state index in [0.29, 0.717) is 0 Å². The van der Waals surface area contributed by atoms with E-state index in [0.717, 1.165) is 6.07 Å². The first kappa shape index (κ1) is 14.5. The van der Waals surface area contributed by atoms with Crippen molar-refractivity contribution in [3.8, 4) is 5.75 Å². The lowest BCUT2D eigenvalue weighted by Crippen LogP contribution is -2.57. The molecule has 0 saturated heterocycles. The molecule has 19 heavy (non-hydrogen) atoms. The van der Waals surface area contributed by atoms with Gasteiger partial charge >= 0.3 is 5.97 Å². The maximum atomic E-state index is 11.8. The Kier molecular flexibility index (Phi) is 4.07. The number of carboxylic acids is 1. The fourth-order valence-corrected chi connectivity index (χ4v) is 1.31. The predicted molar refractivity (Wildman–Crippen MR) is 64.6 cm³/mol. The molecule has 6 N–H and O–H groups in total. The van der Waals surface area contributed by atoms with Gasteiger partial charge in [0, 0.05) is 10.6 Å². The average Bonchev–Trinajstić information content (AvgIpc) is 2.28. The van der Waals surface area contributed by atoms with E-state index in [1.54, 1.807) is 0 Å². The lowest BCUT2D eigenvalue weighted by molar-refractivity contribution is -0.143. The van der Waals surface area contributed by atoms with Gasteiger partial charge in [0.2, 0.25) is 0 Å². The summed E-state index contributed by atoms with van der Waals surface area (Å²) in [4.78, 5) is 25.0. The minimum atomic E-state index is -2.22. The molecular weight excluding hydrogens is 254 g/mol. The van der Waals surface area contributed by atoms with Gasteiger partial charge in [-0.2, -0.15) is 0 Å². The Labute approximate surface area is 107 Å². The molecule has 0 unspecified atom stereocenters. The number of phenolic OH excluding ortho intramolecular Hbond substituents is 1. The molecule has 0 atom stereocenters. The number of hydrogen-bond acceptors (Lipinski definition) is 6. The van der Waals surface area contributed by atoms with Gasteiger partial charge in [-0.05, 0) is 17.7 Å². The minimum absolute atomic E-state index is 0.113. The summed E-state index contributed by atoms with van der Waals surface area (Å²) in [6.45, 7) is 0. The Morgan fingerprint density at radius 1 is 1.42 bits per heavy atom. The van der Waals surface area contributed by atoms with Crippen LogP contribution in [-0.4, -0.2) is 27.6 Å². The van der Waals surface area contributed by atoms with E-state index in [4.69, 9.17) is 22.1 Å². The molecule has 1 aromatic carbocycles. The van der Waals surface area contributed by atoms with Crippen molar-refractivity contribution in [2.24, 2.45) is 16.6 Å². The molecule has 0 aromatic heterocycles. The van der Waals surface area contributed by atoms with Crippen molar-refractivity contribution >= 4 is 17.4 Å². The first-order valence-electron chi connectivity index (χ1n) is 5.00. The molecule has 0 fully saturated rings. The molecule has 0 bridgehead atoms. The third-order valence-electron chi connectivity index (χ3n) is 2.29. The summed E-state index contributed by atoms with van der Waals surface area (Å²) in [5, 5.41) is 21.5. The number of aliphatic carboxylic acids is 1. The third-order valence-corrected chi connectivity index (χ3v) is 2.29. The van der Waals surface area contributed by atoms with Gasteiger partial charge in [0.25, 0.3) is 0 Å². The number of Topliss-reactive ketones (excluding diaryl/α,β-unsaturated/α-hetero) is 1. The van der Waals surface area contributed by atoms with Crippen LogP contribution >= 0.6 is 0 Å². The van der Waals surface area contributed by atoms with Gasteiger partial charge in [-0.15, -0.1) is 0 Å². The normalized spacial score (nSPS) is 10.6. The van der Waals surface area contributed by atoms with Gasteiger partial charge in [-0.3, -0.25) is 4.79 Å². The molecule has 0 amide bonds. The molecule has 100 valence electrons. The number of carboxylic acid groups (broad SMARTS) is 1. The molecular formula is C10H11N5O4. The van der Waals surface area contributed by atoms with Crippen molar-refractivity contribution in [2.75, 3.05) is 0 Å².